The number of urea groups is 1. The summed E-state index contributed by atoms with van der Waals surface area (Å²) in [6.45, 7) is 7.00. The van der Waals surface area contributed by atoms with Crippen molar-refractivity contribution in [3.8, 4) is 17.2 Å². The van der Waals surface area contributed by atoms with Crippen molar-refractivity contribution in [2.24, 2.45) is 0 Å². The summed E-state index contributed by atoms with van der Waals surface area (Å²) >= 11 is 0. The van der Waals surface area contributed by atoms with Crippen molar-refractivity contribution in [1.29, 1.82) is 0 Å². The Labute approximate surface area is 234 Å². The number of anilines is 2. The van der Waals surface area contributed by atoms with Gasteiger partial charge < -0.3 is 29.3 Å². The Morgan fingerprint density at radius 1 is 1.02 bits per heavy atom. The fourth-order valence-electron chi connectivity index (χ4n) is 5.96. The maximum absolute atomic E-state index is 13.6. The number of carbonyl (C=O) groups excluding carboxylic acids is 2. The Bertz CT molecular complexity index is 1440. The molecular weight excluding hydrogens is 508 g/mol. The molecule has 0 aliphatic carbocycles. The van der Waals surface area contributed by atoms with Crippen molar-refractivity contribution in [2.75, 3.05) is 49.7 Å². The molecule has 2 saturated heterocycles. The van der Waals surface area contributed by atoms with Crippen molar-refractivity contribution >= 4 is 23.3 Å². The monoisotopic (exact) mass is 542 g/mol. The van der Waals surface area contributed by atoms with E-state index in [1.165, 1.54) is 0 Å². The van der Waals surface area contributed by atoms with Gasteiger partial charge in [0, 0.05) is 55.5 Å². The largest absolute Gasteiger partial charge is 0.497 e. The maximum atomic E-state index is 13.6. The fraction of sp³-hybridized carbons (Fsp3) is 0.355. The fourth-order valence-corrected chi connectivity index (χ4v) is 5.96. The molecule has 208 valence electrons. The summed E-state index contributed by atoms with van der Waals surface area (Å²) in [6, 6.07) is 20.5. The molecule has 40 heavy (non-hydrogen) atoms. The minimum Gasteiger partial charge on any atom is -0.497 e. The Morgan fingerprint density at radius 3 is 2.55 bits per heavy atom. The van der Waals surface area contributed by atoms with Gasteiger partial charge in [0.05, 0.1) is 25.4 Å². The number of para-hydroxylation sites is 1. The summed E-state index contributed by atoms with van der Waals surface area (Å²) in [7, 11) is 1.66. The van der Waals surface area contributed by atoms with Gasteiger partial charge in [-0.15, -0.1) is 0 Å². The molecule has 0 aromatic heterocycles. The number of amides is 3. The van der Waals surface area contributed by atoms with Crippen LogP contribution in [0.3, 0.4) is 0 Å². The summed E-state index contributed by atoms with van der Waals surface area (Å²) in [4.78, 5) is 32.7. The van der Waals surface area contributed by atoms with Crippen molar-refractivity contribution in [2.45, 2.75) is 32.0 Å². The van der Waals surface area contributed by atoms with E-state index in [0.29, 0.717) is 48.9 Å². The van der Waals surface area contributed by atoms with Crippen LogP contribution in [0.25, 0.3) is 0 Å². The highest BCUT2D eigenvalue weighted by atomic mass is 16.5. The predicted molar refractivity (Wildman–Crippen MR) is 153 cm³/mol. The van der Waals surface area contributed by atoms with Gasteiger partial charge in [-0.25, -0.2) is 4.79 Å². The first kappa shape index (κ1) is 25.9. The van der Waals surface area contributed by atoms with Gasteiger partial charge in [-0.1, -0.05) is 24.3 Å². The zero-order valence-corrected chi connectivity index (χ0v) is 23.1. The summed E-state index contributed by atoms with van der Waals surface area (Å²) in [5.41, 5.74) is 2.19. The molecule has 2 unspecified atom stereocenters. The van der Waals surface area contributed by atoms with E-state index in [0.717, 1.165) is 30.1 Å². The van der Waals surface area contributed by atoms with Gasteiger partial charge in [-0.05, 0) is 50.2 Å². The average Bonchev–Trinajstić information content (AvgIpc) is 2.97. The van der Waals surface area contributed by atoms with E-state index in [-0.39, 0.29) is 18.0 Å². The van der Waals surface area contributed by atoms with Crippen LogP contribution < -0.4 is 29.3 Å². The standard InChI is InChI=1S/C31H34N4O5/c1-4-39-27-13-7-12-25-26-20-31(2,40-28(25)27)35(30(37)32-26)23-10-5-8-21(18-23)29(36)34-16-14-33(15-17-34)22-9-6-11-24(19-22)38-3/h5-13,18-19,26H,4,14-17,20H2,1-3H3,(H,32,37). The molecule has 0 radical (unpaired) electrons. The van der Waals surface area contributed by atoms with E-state index < -0.39 is 5.72 Å². The lowest BCUT2D eigenvalue weighted by Crippen LogP contribution is -2.65. The van der Waals surface area contributed by atoms with Crippen LogP contribution in [-0.4, -0.2) is 62.5 Å². The maximum Gasteiger partial charge on any atom is 0.325 e. The molecule has 3 amide bonds. The average molecular weight is 543 g/mol. The van der Waals surface area contributed by atoms with Gasteiger partial charge in [0.1, 0.15) is 5.75 Å². The van der Waals surface area contributed by atoms with Crippen LogP contribution in [0.5, 0.6) is 17.2 Å². The second kappa shape index (κ2) is 10.3. The SMILES string of the molecule is CCOc1cccc2c1OC1(C)CC2NC(=O)N1c1cccc(C(=O)N2CCN(c3cccc(OC)c3)CC2)c1. The molecule has 3 aliphatic heterocycles. The minimum absolute atomic E-state index is 0.0545. The Morgan fingerprint density at radius 2 is 1.77 bits per heavy atom. The lowest BCUT2D eigenvalue weighted by Gasteiger charge is -2.50. The van der Waals surface area contributed by atoms with Crippen LogP contribution >= 0.6 is 0 Å². The summed E-state index contributed by atoms with van der Waals surface area (Å²) in [6.07, 6.45) is 0.561. The molecule has 3 aromatic carbocycles. The number of nitrogens with one attached hydrogen (secondary N) is 1. The van der Waals surface area contributed by atoms with E-state index >= 15 is 0 Å². The van der Waals surface area contributed by atoms with Crippen LogP contribution in [0.1, 0.15) is 42.2 Å². The number of piperazine rings is 1. The van der Waals surface area contributed by atoms with Crippen LogP contribution in [0.2, 0.25) is 0 Å². The molecule has 2 atom stereocenters. The van der Waals surface area contributed by atoms with Gasteiger partial charge in [-0.2, -0.15) is 0 Å². The molecule has 1 N–H and O–H groups in total. The molecule has 2 bridgehead atoms. The predicted octanol–water partition coefficient (Wildman–Crippen LogP) is 4.83. The number of ether oxygens (including phenoxy) is 3. The quantitative estimate of drug-likeness (QED) is 0.481. The third-order valence-electron chi connectivity index (χ3n) is 7.90. The molecule has 9 heteroatoms. The van der Waals surface area contributed by atoms with Gasteiger partial charge in [0.25, 0.3) is 5.91 Å². The molecule has 3 heterocycles. The van der Waals surface area contributed by atoms with E-state index in [1.54, 1.807) is 24.1 Å². The number of rotatable bonds is 6. The highest BCUT2D eigenvalue weighted by Crippen LogP contribution is 2.49. The first-order valence-corrected chi connectivity index (χ1v) is 13.7. The smallest absolute Gasteiger partial charge is 0.325 e. The number of methoxy groups -OCH3 is 1. The number of carbonyl (C=O) groups is 2. The highest BCUT2D eigenvalue weighted by Gasteiger charge is 2.50. The highest BCUT2D eigenvalue weighted by molar-refractivity contribution is 5.99. The third-order valence-corrected chi connectivity index (χ3v) is 7.90. The number of fused-ring (bicyclic) bond motifs is 4. The van der Waals surface area contributed by atoms with Gasteiger partial charge >= 0.3 is 6.03 Å². The normalized spacial score (nSPS) is 21.7. The summed E-state index contributed by atoms with van der Waals surface area (Å²) in [5, 5.41) is 3.13. The Kier molecular flexibility index (Phi) is 6.65. The van der Waals surface area contributed by atoms with E-state index in [2.05, 4.69) is 16.3 Å². The van der Waals surface area contributed by atoms with Crippen LogP contribution in [0.4, 0.5) is 16.2 Å². The molecule has 3 aliphatic rings. The lowest BCUT2D eigenvalue weighted by atomic mass is 9.89. The number of nitrogens with zero attached hydrogens (tertiary/aromatic N) is 3. The van der Waals surface area contributed by atoms with Crippen LogP contribution in [0, 0.1) is 0 Å². The first-order valence-electron chi connectivity index (χ1n) is 13.7. The zero-order chi connectivity index (χ0) is 27.9. The van der Waals surface area contributed by atoms with E-state index in [9.17, 15) is 9.59 Å². The first-order chi connectivity index (χ1) is 19.4. The molecule has 3 aromatic rings. The van der Waals surface area contributed by atoms with Crippen molar-refractivity contribution < 1.29 is 23.8 Å². The van der Waals surface area contributed by atoms with Gasteiger partial charge in [0.2, 0.25) is 0 Å². The second-order valence-corrected chi connectivity index (χ2v) is 10.5. The second-order valence-electron chi connectivity index (χ2n) is 10.5. The van der Waals surface area contributed by atoms with Gasteiger partial charge in [-0.3, -0.25) is 9.69 Å². The number of benzene rings is 3. The molecule has 2 fully saturated rings. The Hall–Kier alpha value is -4.40. The van der Waals surface area contributed by atoms with E-state index in [1.807, 2.05) is 67.3 Å². The van der Waals surface area contributed by atoms with Crippen molar-refractivity contribution in [3.63, 3.8) is 0 Å². The summed E-state index contributed by atoms with van der Waals surface area (Å²) in [5.74, 6) is 2.06. The van der Waals surface area contributed by atoms with Crippen LogP contribution in [0.15, 0.2) is 66.7 Å². The topological polar surface area (TPSA) is 83.6 Å². The van der Waals surface area contributed by atoms with Crippen molar-refractivity contribution in [1.82, 2.24) is 10.2 Å². The number of hydrogen-bond acceptors (Lipinski definition) is 6. The molecular formula is C31H34N4O5. The lowest BCUT2D eigenvalue weighted by molar-refractivity contribution is 0.0343. The third kappa shape index (κ3) is 4.55. The zero-order valence-electron chi connectivity index (χ0n) is 23.1. The molecule has 0 saturated carbocycles. The van der Waals surface area contributed by atoms with Gasteiger partial charge in [0.15, 0.2) is 17.2 Å². The van der Waals surface area contributed by atoms with Crippen molar-refractivity contribution in [3.05, 3.63) is 77.9 Å². The van der Waals surface area contributed by atoms with E-state index in [4.69, 9.17) is 14.2 Å². The molecule has 0 spiro atoms. The molecule has 9 nitrogen and oxygen atoms in total. The minimum atomic E-state index is -0.947. The molecule has 6 rings (SSSR count). The Balaban J connectivity index is 1.21. The number of hydrogen-bond donors (Lipinski definition) is 1. The van der Waals surface area contributed by atoms with Crippen LogP contribution in [-0.2, 0) is 0 Å². The summed E-state index contributed by atoms with van der Waals surface area (Å²) < 4.78 is 17.7.